The quantitative estimate of drug-likeness (QED) is 0.729. The predicted octanol–water partition coefficient (Wildman–Crippen LogP) is 3.00. The summed E-state index contributed by atoms with van der Waals surface area (Å²) < 4.78 is 2.31. The first-order valence-electron chi connectivity index (χ1n) is 7.58. The van der Waals surface area contributed by atoms with Gasteiger partial charge >= 0.3 is 0 Å². The molecule has 1 aromatic heterocycles. The fourth-order valence-electron chi connectivity index (χ4n) is 2.63. The van der Waals surface area contributed by atoms with Gasteiger partial charge in [0, 0.05) is 31.4 Å². The van der Waals surface area contributed by atoms with E-state index in [-0.39, 0.29) is 0 Å². The first-order valence-corrected chi connectivity index (χ1v) is 7.58. The zero-order chi connectivity index (χ0) is 12.8. The van der Waals surface area contributed by atoms with Crippen molar-refractivity contribution in [1.82, 2.24) is 14.9 Å². The van der Waals surface area contributed by atoms with Crippen molar-refractivity contribution < 1.29 is 0 Å². The normalized spacial score (nSPS) is 17.0. The van der Waals surface area contributed by atoms with E-state index in [1.807, 2.05) is 6.20 Å². The molecule has 0 radical (unpaired) electrons. The third-order valence-corrected chi connectivity index (χ3v) is 3.79. The second kappa shape index (κ2) is 6.93. The van der Waals surface area contributed by atoms with Crippen molar-refractivity contribution >= 4 is 0 Å². The molecule has 1 fully saturated rings. The van der Waals surface area contributed by atoms with Gasteiger partial charge in [-0.3, -0.25) is 0 Å². The molecule has 1 N–H and O–H groups in total. The monoisotopic (exact) mass is 249 g/mol. The van der Waals surface area contributed by atoms with Crippen LogP contribution in [0.1, 0.15) is 51.8 Å². The minimum Gasteiger partial charge on any atom is -0.335 e. The van der Waals surface area contributed by atoms with Gasteiger partial charge in [0.05, 0.1) is 0 Å². The third-order valence-electron chi connectivity index (χ3n) is 3.79. The third kappa shape index (κ3) is 3.84. The highest BCUT2D eigenvalue weighted by Gasteiger charge is 2.30. The van der Waals surface area contributed by atoms with Gasteiger partial charge in [0.25, 0.3) is 0 Å². The maximum Gasteiger partial charge on any atom is 0.108 e. The molecule has 1 aliphatic carbocycles. The lowest BCUT2D eigenvalue weighted by atomic mass is 10.1. The lowest BCUT2D eigenvalue weighted by molar-refractivity contribution is 0.428. The van der Waals surface area contributed by atoms with Gasteiger partial charge in [-0.15, -0.1) is 0 Å². The van der Waals surface area contributed by atoms with Crippen molar-refractivity contribution in [1.29, 1.82) is 0 Å². The van der Waals surface area contributed by atoms with E-state index < -0.39 is 0 Å². The number of rotatable bonds is 9. The number of aromatic nitrogens is 2. The van der Waals surface area contributed by atoms with E-state index >= 15 is 0 Å². The van der Waals surface area contributed by atoms with Gasteiger partial charge in [0.15, 0.2) is 0 Å². The fraction of sp³-hybridized carbons (Fsp3) is 0.800. The molecule has 3 nitrogen and oxygen atoms in total. The Kier molecular flexibility index (Phi) is 5.24. The average molecular weight is 249 g/mol. The first-order chi connectivity index (χ1) is 8.85. The van der Waals surface area contributed by atoms with Crippen LogP contribution >= 0.6 is 0 Å². The average Bonchev–Trinajstić information content (AvgIpc) is 3.12. The number of nitrogens with one attached hydrogen (secondary N) is 1. The van der Waals surface area contributed by atoms with Crippen LogP contribution in [0.3, 0.4) is 0 Å². The smallest absolute Gasteiger partial charge is 0.108 e. The van der Waals surface area contributed by atoms with E-state index in [4.69, 9.17) is 0 Å². The highest BCUT2D eigenvalue weighted by molar-refractivity contribution is 4.95. The molecule has 0 amide bonds. The highest BCUT2D eigenvalue weighted by atomic mass is 15.1. The number of hydrogen-bond acceptors (Lipinski definition) is 2. The van der Waals surface area contributed by atoms with E-state index in [1.165, 1.54) is 37.9 Å². The summed E-state index contributed by atoms with van der Waals surface area (Å²) >= 11 is 0. The van der Waals surface area contributed by atoms with E-state index in [0.717, 1.165) is 31.5 Å². The molecule has 1 aliphatic rings. The van der Waals surface area contributed by atoms with Crippen LogP contribution in [-0.2, 0) is 13.0 Å². The SMILES string of the molecule is CCCNC(CCc1nccn1CCC)C1CC1. The zero-order valence-corrected chi connectivity index (χ0v) is 11.9. The van der Waals surface area contributed by atoms with Gasteiger partial charge in [-0.1, -0.05) is 13.8 Å². The molecule has 102 valence electrons. The summed E-state index contributed by atoms with van der Waals surface area (Å²) in [5, 5.41) is 3.71. The molecule has 1 saturated carbocycles. The summed E-state index contributed by atoms with van der Waals surface area (Å²) in [6, 6.07) is 0.719. The van der Waals surface area contributed by atoms with E-state index in [1.54, 1.807) is 0 Å². The number of aryl methyl sites for hydroxylation is 2. The van der Waals surface area contributed by atoms with Crippen LogP contribution in [0.15, 0.2) is 12.4 Å². The summed E-state index contributed by atoms with van der Waals surface area (Å²) in [5.74, 6) is 2.20. The lowest BCUT2D eigenvalue weighted by Gasteiger charge is -2.18. The second-order valence-electron chi connectivity index (χ2n) is 5.47. The summed E-state index contributed by atoms with van der Waals surface area (Å²) in [7, 11) is 0. The minimum atomic E-state index is 0.719. The van der Waals surface area contributed by atoms with Crippen LogP contribution in [0.4, 0.5) is 0 Å². The summed E-state index contributed by atoms with van der Waals surface area (Å²) in [6.07, 6.45) is 11.7. The standard InChI is InChI=1S/C15H27N3/c1-3-9-16-14(13-5-6-13)7-8-15-17-10-12-18(15)11-4-2/h10,12-14,16H,3-9,11H2,1-2H3. The Balaban J connectivity index is 1.82. The van der Waals surface area contributed by atoms with Gasteiger partial charge < -0.3 is 9.88 Å². The summed E-state index contributed by atoms with van der Waals surface area (Å²) in [6.45, 7) is 6.72. The van der Waals surface area contributed by atoms with Crippen molar-refractivity contribution in [2.24, 2.45) is 5.92 Å². The first kappa shape index (κ1) is 13.6. The van der Waals surface area contributed by atoms with Gasteiger partial charge in [-0.2, -0.15) is 0 Å². The Hall–Kier alpha value is -0.830. The van der Waals surface area contributed by atoms with Crippen LogP contribution in [0.2, 0.25) is 0 Å². The summed E-state index contributed by atoms with van der Waals surface area (Å²) in [5.41, 5.74) is 0. The Morgan fingerprint density at radius 2 is 2.22 bits per heavy atom. The van der Waals surface area contributed by atoms with E-state index in [9.17, 15) is 0 Å². The van der Waals surface area contributed by atoms with Crippen LogP contribution in [0.25, 0.3) is 0 Å². The Bertz CT molecular complexity index is 341. The molecule has 1 unspecified atom stereocenters. The number of hydrogen-bond donors (Lipinski definition) is 1. The molecule has 0 aromatic carbocycles. The van der Waals surface area contributed by atoms with E-state index in [2.05, 4.69) is 34.9 Å². The van der Waals surface area contributed by atoms with Gasteiger partial charge in [-0.25, -0.2) is 4.98 Å². The van der Waals surface area contributed by atoms with Crippen LogP contribution in [0, 0.1) is 5.92 Å². The van der Waals surface area contributed by atoms with Gasteiger partial charge in [-0.05, 0) is 44.6 Å². The van der Waals surface area contributed by atoms with Crippen molar-refractivity contribution in [2.45, 2.75) is 65.0 Å². The van der Waals surface area contributed by atoms with Crippen LogP contribution in [-0.4, -0.2) is 22.1 Å². The summed E-state index contributed by atoms with van der Waals surface area (Å²) in [4.78, 5) is 4.50. The lowest BCUT2D eigenvalue weighted by Crippen LogP contribution is -2.32. The molecule has 0 spiro atoms. The minimum absolute atomic E-state index is 0.719. The Labute approximate surface area is 111 Å². The molecule has 1 atom stereocenters. The van der Waals surface area contributed by atoms with Crippen molar-refractivity contribution in [2.75, 3.05) is 6.54 Å². The molecule has 1 heterocycles. The van der Waals surface area contributed by atoms with Crippen molar-refractivity contribution in [3.63, 3.8) is 0 Å². The predicted molar refractivity (Wildman–Crippen MR) is 75.6 cm³/mol. The molecular weight excluding hydrogens is 222 g/mol. The van der Waals surface area contributed by atoms with Gasteiger partial charge in [0.2, 0.25) is 0 Å². The Morgan fingerprint density at radius 1 is 1.39 bits per heavy atom. The molecule has 0 aliphatic heterocycles. The molecule has 1 aromatic rings. The molecular formula is C15H27N3. The molecule has 3 heteroatoms. The Morgan fingerprint density at radius 3 is 2.89 bits per heavy atom. The molecule has 18 heavy (non-hydrogen) atoms. The maximum atomic E-state index is 4.50. The highest BCUT2D eigenvalue weighted by Crippen LogP contribution is 2.34. The number of nitrogens with zero attached hydrogens (tertiary/aromatic N) is 2. The largest absolute Gasteiger partial charge is 0.335 e. The molecule has 2 rings (SSSR count). The van der Waals surface area contributed by atoms with Gasteiger partial charge in [0.1, 0.15) is 5.82 Å². The topological polar surface area (TPSA) is 29.9 Å². The van der Waals surface area contributed by atoms with Crippen LogP contribution in [0.5, 0.6) is 0 Å². The van der Waals surface area contributed by atoms with Crippen LogP contribution < -0.4 is 5.32 Å². The van der Waals surface area contributed by atoms with Crippen molar-refractivity contribution in [3.05, 3.63) is 18.2 Å². The van der Waals surface area contributed by atoms with E-state index in [0.29, 0.717) is 0 Å². The molecule has 0 bridgehead atoms. The number of imidazole rings is 1. The fourth-order valence-corrected chi connectivity index (χ4v) is 2.63. The zero-order valence-electron chi connectivity index (χ0n) is 11.9. The van der Waals surface area contributed by atoms with Crippen molar-refractivity contribution in [3.8, 4) is 0 Å². The second-order valence-corrected chi connectivity index (χ2v) is 5.47. The molecule has 0 saturated heterocycles. The maximum absolute atomic E-state index is 4.50.